The number of hydrogen-bond acceptors (Lipinski definition) is 5. The number of aliphatic hydroxyl groups is 1. The van der Waals surface area contributed by atoms with Gasteiger partial charge in [-0.05, 0) is 20.8 Å². The van der Waals surface area contributed by atoms with Crippen LogP contribution in [0.1, 0.15) is 20.8 Å². The maximum atomic E-state index is 11.3. The fourth-order valence-electron chi connectivity index (χ4n) is 1.84. The van der Waals surface area contributed by atoms with Crippen LogP contribution in [0.4, 0.5) is 0 Å². The number of rotatable bonds is 5. The number of aliphatic hydroxyl groups excluding tert-OH is 1. The van der Waals surface area contributed by atoms with Crippen LogP contribution in [0.3, 0.4) is 0 Å². The van der Waals surface area contributed by atoms with Crippen molar-refractivity contribution in [2.24, 2.45) is 0 Å². The third kappa shape index (κ3) is 4.01. The van der Waals surface area contributed by atoms with Gasteiger partial charge in [0.2, 0.25) is 0 Å². The fourth-order valence-corrected chi connectivity index (χ4v) is 3.62. The van der Waals surface area contributed by atoms with E-state index in [4.69, 9.17) is 4.74 Å². The largest absolute Gasteiger partial charge is 0.390 e. The first-order chi connectivity index (χ1) is 7.26. The van der Waals surface area contributed by atoms with Gasteiger partial charge in [0, 0.05) is 19.2 Å². The van der Waals surface area contributed by atoms with Crippen molar-refractivity contribution in [2.45, 2.75) is 38.5 Å². The molecule has 5 nitrogen and oxygen atoms in total. The predicted octanol–water partition coefficient (Wildman–Crippen LogP) is -0.451. The molecule has 0 spiro atoms. The molecule has 1 heterocycles. The third-order valence-electron chi connectivity index (χ3n) is 2.65. The highest BCUT2D eigenvalue weighted by atomic mass is 32.2. The van der Waals surface area contributed by atoms with E-state index in [0.29, 0.717) is 13.2 Å². The molecule has 96 valence electrons. The smallest absolute Gasteiger partial charge is 0.154 e. The van der Waals surface area contributed by atoms with Crippen molar-refractivity contribution in [3.63, 3.8) is 0 Å². The second kappa shape index (κ2) is 5.00. The summed E-state index contributed by atoms with van der Waals surface area (Å²) in [4.78, 5) is 0. The first-order valence-corrected chi connectivity index (χ1v) is 7.34. The highest BCUT2D eigenvalue weighted by Crippen LogP contribution is 2.14. The van der Waals surface area contributed by atoms with Crippen LogP contribution in [-0.2, 0) is 14.6 Å². The summed E-state index contributed by atoms with van der Waals surface area (Å²) < 4.78 is 28.0. The summed E-state index contributed by atoms with van der Waals surface area (Å²) in [6.07, 6.45) is -0.803. The molecule has 0 aliphatic carbocycles. The normalized spacial score (nSPS) is 29.5. The van der Waals surface area contributed by atoms with Crippen molar-refractivity contribution in [3.8, 4) is 0 Å². The lowest BCUT2D eigenvalue weighted by Crippen LogP contribution is -2.46. The molecule has 2 N–H and O–H groups in total. The Morgan fingerprint density at radius 2 is 2.06 bits per heavy atom. The highest BCUT2D eigenvalue weighted by Gasteiger charge is 2.36. The summed E-state index contributed by atoms with van der Waals surface area (Å²) in [6, 6.07) is -0.371. The van der Waals surface area contributed by atoms with Crippen LogP contribution in [0.25, 0.3) is 0 Å². The van der Waals surface area contributed by atoms with Crippen molar-refractivity contribution in [2.75, 3.05) is 24.7 Å². The van der Waals surface area contributed by atoms with Gasteiger partial charge in [-0.2, -0.15) is 0 Å². The zero-order valence-electron chi connectivity index (χ0n) is 10.1. The van der Waals surface area contributed by atoms with Gasteiger partial charge in [0.05, 0.1) is 23.2 Å². The maximum absolute atomic E-state index is 11.3. The molecule has 2 unspecified atom stereocenters. The van der Waals surface area contributed by atoms with E-state index in [-0.39, 0.29) is 23.1 Å². The molecule has 1 aliphatic rings. The SMILES string of the molecule is CCOC(C)(C)CNC1CS(=O)(=O)CC1O. The first-order valence-electron chi connectivity index (χ1n) is 5.51. The van der Waals surface area contributed by atoms with Crippen LogP contribution in [-0.4, -0.2) is 55.9 Å². The van der Waals surface area contributed by atoms with Crippen LogP contribution in [0.5, 0.6) is 0 Å². The molecule has 0 bridgehead atoms. The topological polar surface area (TPSA) is 75.6 Å². The van der Waals surface area contributed by atoms with E-state index < -0.39 is 15.9 Å². The van der Waals surface area contributed by atoms with Gasteiger partial charge < -0.3 is 15.2 Å². The van der Waals surface area contributed by atoms with E-state index in [0.717, 1.165) is 0 Å². The Bertz CT molecular complexity index is 326. The number of nitrogens with one attached hydrogen (secondary N) is 1. The zero-order valence-corrected chi connectivity index (χ0v) is 10.9. The third-order valence-corrected chi connectivity index (χ3v) is 4.36. The first kappa shape index (κ1) is 13.9. The second-order valence-electron chi connectivity index (χ2n) is 4.82. The number of sulfone groups is 1. The Kier molecular flexibility index (Phi) is 4.34. The number of ether oxygens (including phenoxy) is 1. The summed E-state index contributed by atoms with van der Waals surface area (Å²) in [5.74, 6) is -0.129. The van der Waals surface area contributed by atoms with Gasteiger partial charge >= 0.3 is 0 Å². The second-order valence-corrected chi connectivity index (χ2v) is 6.98. The van der Waals surface area contributed by atoms with Crippen LogP contribution < -0.4 is 5.32 Å². The summed E-state index contributed by atoms with van der Waals surface area (Å²) in [7, 11) is -3.08. The van der Waals surface area contributed by atoms with Crippen LogP contribution in [0.2, 0.25) is 0 Å². The Morgan fingerprint density at radius 3 is 2.50 bits per heavy atom. The summed E-state index contributed by atoms with van der Waals surface area (Å²) >= 11 is 0. The van der Waals surface area contributed by atoms with Gasteiger partial charge in [-0.15, -0.1) is 0 Å². The molecule has 2 atom stereocenters. The van der Waals surface area contributed by atoms with Crippen molar-refractivity contribution in [3.05, 3.63) is 0 Å². The minimum Gasteiger partial charge on any atom is -0.390 e. The molecule has 6 heteroatoms. The van der Waals surface area contributed by atoms with Crippen molar-refractivity contribution in [1.29, 1.82) is 0 Å². The molecule has 0 saturated carbocycles. The van der Waals surface area contributed by atoms with E-state index in [1.807, 2.05) is 20.8 Å². The molecule has 1 fully saturated rings. The van der Waals surface area contributed by atoms with E-state index in [1.165, 1.54) is 0 Å². The van der Waals surface area contributed by atoms with E-state index in [2.05, 4.69) is 5.32 Å². The van der Waals surface area contributed by atoms with E-state index in [9.17, 15) is 13.5 Å². The van der Waals surface area contributed by atoms with Gasteiger partial charge in [0.25, 0.3) is 0 Å². The van der Waals surface area contributed by atoms with Crippen molar-refractivity contribution >= 4 is 9.84 Å². The molecule has 1 saturated heterocycles. The molecule has 16 heavy (non-hydrogen) atoms. The average Bonchev–Trinajstić information content (AvgIpc) is 2.36. The van der Waals surface area contributed by atoms with Gasteiger partial charge in [0.15, 0.2) is 9.84 Å². The molecular weight excluding hydrogens is 230 g/mol. The molecule has 1 rings (SSSR count). The molecule has 0 aromatic carbocycles. The van der Waals surface area contributed by atoms with Gasteiger partial charge in [0.1, 0.15) is 0 Å². The Hall–Kier alpha value is -0.170. The molecule has 1 aliphatic heterocycles. The van der Waals surface area contributed by atoms with E-state index >= 15 is 0 Å². The molecule has 0 radical (unpaired) electrons. The van der Waals surface area contributed by atoms with E-state index in [1.54, 1.807) is 0 Å². The van der Waals surface area contributed by atoms with Gasteiger partial charge in [-0.25, -0.2) is 8.42 Å². The van der Waals surface area contributed by atoms with Crippen LogP contribution in [0, 0.1) is 0 Å². The Morgan fingerprint density at radius 1 is 1.44 bits per heavy atom. The lowest BCUT2D eigenvalue weighted by molar-refractivity contribution is -0.0125. The lowest BCUT2D eigenvalue weighted by atomic mass is 10.1. The van der Waals surface area contributed by atoms with Crippen molar-refractivity contribution in [1.82, 2.24) is 5.32 Å². The lowest BCUT2D eigenvalue weighted by Gasteiger charge is -2.27. The standard InChI is InChI=1S/C10H21NO4S/c1-4-15-10(2,3)7-11-8-5-16(13,14)6-9(8)12/h8-9,11-12H,4-7H2,1-3H3. The molecular formula is C10H21NO4S. The van der Waals surface area contributed by atoms with Crippen LogP contribution in [0.15, 0.2) is 0 Å². The summed E-state index contributed by atoms with van der Waals surface area (Å²) in [5.41, 5.74) is -0.346. The summed E-state index contributed by atoms with van der Waals surface area (Å²) in [6.45, 7) is 6.91. The van der Waals surface area contributed by atoms with Gasteiger partial charge in [-0.1, -0.05) is 0 Å². The number of hydrogen-bond donors (Lipinski definition) is 2. The molecule has 0 amide bonds. The Balaban J connectivity index is 2.45. The fraction of sp³-hybridized carbons (Fsp3) is 1.00. The van der Waals surface area contributed by atoms with Gasteiger partial charge in [-0.3, -0.25) is 0 Å². The highest BCUT2D eigenvalue weighted by molar-refractivity contribution is 7.91. The summed E-state index contributed by atoms with van der Waals surface area (Å²) in [5, 5.41) is 12.6. The minimum absolute atomic E-state index is 0.0103. The quantitative estimate of drug-likeness (QED) is 0.692. The Labute approximate surface area is 97.1 Å². The van der Waals surface area contributed by atoms with Crippen molar-refractivity contribution < 1.29 is 18.3 Å². The minimum atomic E-state index is -3.08. The monoisotopic (exact) mass is 251 g/mol. The average molecular weight is 251 g/mol. The zero-order chi connectivity index (χ0) is 12.4. The molecule has 0 aromatic heterocycles. The maximum Gasteiger partial charge on any atom is 0.154 e. The van der Waals surface area contributed by atoms with Crippen LogP contribution >= 0.6 is 0 Å². The predicted molar refractivity (Wildman–Crippen MR) is 62.2 cm³/mol. The molecule has 0 aromatic rings.